The first-order valence-corrected chi connectivity index (χ1v) is 12.2. The van der Waals surface area contributed by atoms with Gasteiger partial charge in [-0.2, -0.15) is 0 Å². The number of aliphatic hydroxyl groups is 1. The summed E-state index contributed by atoms with van der Waals surface area (Å²) in [5.41, 5.74) is 6.57. The second-order valence-corrected chi connectivity index (χ2v) is 10.8. The monoisotopic (exact) mass is 396 g/mol. The molecular formula is C28H44O. The summed E-state index contributed by atoms with van der Waals surface area (Å²) in [6.45, 7) is 14.2. The molecule has 0 aromatic carbocycles. The van der Waals surface area contributed by atoms with Crippen LogP contribution in [0.3, 0.4) is 0 Å². The van der Waals surface area contributed by atoms with Gasteiger partial charge in [-0.25, -0.2) is 0 Å². The lowest BCUT2D eigenvalue weighted by Crippen LogP contribution is -2.30. The molecule has 3 aliphatic carbocycles. The van der Waals surface area contributed by atoms with E-state index < -0.39 is 0 Å². The molecule has 3 aliphatic rings. The minimum absolute atomic E-state index is 0.149. The van der Waals surface area contributed by atoms with Crippen LogP contribution in [0.4, 0.5) is 0 Å². The molecule has 0 saturated heterocycles. The van der Waals surface area contributed by atoms with Gasteiger partial charge in [0.05, 0.1) is 6.10 Å². The average Bonchev–Trinajstić information content (AvgIpc) is 3.04. The van der Waals surface area contributed by atoms with Crippen LogP contribution < -0.4 is 0 Å². The molecule has 0 spiro atoms. The quantitative estimate of drug-likeness (QED) is 0.454. The first-order valence-electron chi connectivity index (χ1n) is 12.2. The number of hydrogen-bond acceptors (Lipinski definition) is 1. The molecule has 0 unspecified atom stereocenters. The third-order valence-electron chi connectivity index (χ3n) is 8.49. The minimum Gasteiger partial charge on any atom is -0.393 e. The van der Waals surface area contributed by atoms with Gasteiger partial charge < -0.3 is 5.11 Å². The van der Waals surface area contributed by atoms with E-state index in [9.17, 15) is 5.11 Å². The number of aliphatic hydroxyl groups excluding tert-OH is 1. The summed E-state index contributed by atoms with van der Waals surface area (Å²) < 4.78 is 0. The van der Waals surface area contributed by atoms with E-state index in [2.05, 4.69) is 65.8 Å². The summed E-state index contributed by atoms with van der Waals surface area (Å²) in [5.74, 6) is 2.80. The maximum Gasteiger partial charge on any atom is 0.0583 e. The first-order chi connectivity index (χ1) is 13.7. The molecule has 1 N–H and O–H groups in total. The fourth-order valence-electron chi connectivity index (χ4n) is 6.01. The molecule has 1 saturated carbocycles. The summed E-state index contributed by atoms with van der Waals surface area (Å²) in [5, 5.41) is 10.1. The van der Waals surface area contributed by atoms with Crippen LogP contribution in [-0.2, 0) is 0 Å². The van der Waals surface area contributed by atoms with Gasteiger partial charge in [-0.1, -0.05) is 70.1 Å². The van der Waals surface area contributed by atoms with Crippen molar-refractivity contribution >= 4 is 0 Å². The molecule has 0 aromatic heterocycles. The van der Waals surface area contributed by atoms with Crippen molar-refractivity contribution in [1.82, 2.24) is 0 Å². The Bertz CT molecular complexity index is 704. The van der Waals surface area contributed by atoms with Gasteiger partial charge in [-0.05, 0) is 98.5 Å². The van der Waals surface area contributed by atoms with Crippen molar-refractivity contribution in [2.75, 3.05) is 0 Å². The second kappa shape index (κ2) is 9.38. The van der Waals surface area contributed by atoms with Crippen LogP contribution in [0.5, 0.6) is 0 Å². The molecule has 0 aromatic rings. The fraction of sp³-hybridized carbons (Fsp3) is 0.714. The van der Waals surface area contributed by atoms with E-state index in [0.29, 0.717) is 17.3 Å². The lowest BCUT2D eigenvalue weighted by Gasteiger charge is -2.40. The van der Waals surface area contributed by atoms with Gasteiger partial charge in [0.15, 0.2) is 0 Å². The van der Waals surface area contributed by atoms with Gasteiger partial charge in [0.1, 0.15) is 0 Å². The Morgan fingerprint density at radius 3 is 2.41 bits per heavy atom. The summed E-state index contributed by atoms with van der Waals surface area (Å²) in [4.78, 5) is 0. The van der Waals surface area contributed by atoms with Crippen LogP contribution in [-0.4, -0.2) is 11.2 Å². The van der Waals surface area contributed by atoms with Gasteiger partial charge in [0, 0.05) is 0 Å². The molecule has 3 rings (SSSR count). The Kier molecular flexibility index (Phi) is 7.31. The summed E-state index contributed by atoms with van der Waals surface area (Å²) in [7, 11) is 0. The van der Waals surface area contributed by atoms with Gasteiger partial charge >= 0.3 is 0 Å². The maximum absolute atomic E-state index is 10.1. The Morgan fingerprint density at radius 2 is 1.69 bits per heavy atom. The molecule has 5 atom stereocenters. The van der Waals surface area contributed by atoms with Crippen LogP contribution in [0.25, 0.3) is 0 Å². The lowest BCUT2D eigenvalue weighted by molar-refractivity contribution is 0.159. The van der Waals surface area contributed by atoms with E-state index in [1.807, 2.05) is 0 Å². The van der Waals surface area contributed by atoms with Crippen molar-refractivity contribution in [2.45, 2.75) is 99.0 Å². The molecule has 29 heavy (non-hydrogen) atoms. The Labute approximate surface area is 180 Å². The Hall–Kier alpha value is -1.08. The SMILES string of the molecule is CC1=C(/C=C/C2=C3CC[C@H]([C@H](C)/C=C\[C@H](C)C(C)C)[C@@]3(C)CCC2)C[C@@H](O)CC1. The molecule has 1 heteroatoms. The van der Waals surface area contributed by atoms with E-state index in [4.69, 9.17) is 0 Å². The van der Waals surface area contributed by atoms with Crippen LogP contribution in [0, 0.1) is 29.1 Å². The largest absolute Gasteiger partial charge is 0.393 e. The van der Waals surface area contributed by atoms with E-state index in [0.717, 1.165) is 31.1 Å². The highest BCUT2D eigenvalue weighted by Crippen LogP contribution is 2.57. The van der Waals surface area contributed by atoms with E-state index in [-0.39, 0.29) is 6.10 Å². The zero-order valence-corrected chi connectivity index (χ0v) is 19.8. The zero-order valence-electron chi connectivity index (χ0n) is 19.8. The summed E-state index contributed by atoms with van der Waals surface area (Å²) in [6.07, 6.45) is 18.9. The van der Waals surface area contributed by atoms with Crippen LogP contribution >= 0.6 is 0 Å². The normalized spacial score (nSPS) is 33.2. The molecule has 0 radical (unpaired) electrons. The third kappa shape index (κ3) is 4.98. The highest BCUT2D eigenvalue weighted by Gasteiger charge is 2.46. The van der Waals surface area contributed by atoms with Gasteiger partial charge in [-0.15, -0.1) is 0 Å². The number of allylic oxidation sites excluding steroid dienone is 7. The predicted octanol–water partition coefficient (Wildman–Crippen LogP) is 7.79. The molecule has 0 aliphatic heterocycles. The number of rotatable bonds is 6. The van der Waals surface area contributed by atoms with E-state index >= 15 is 0 Å². The standard InChI is InChI=1S/C28H44O/c1-19(2)20(3)9-10-22(5)26-15-16-27-23(8-7-17-28(26,27)6)12-13-24-18-25(29)14-11-21(24)4/h9-10,12-13,19-20,22,25-26,29H,7-8,11,14-18H2,1-6H3/b10-9-,13-12+/t20-,22+,25-,26+,28+/m0/s1. The predicted molar refractivity (Wildman–Crippen MR) is 126 cm³/mol. The number of hydrogen-bond donors (Lipinski definition) is 1. The van der Waals surface area contributed by atoms with Crippen molar-refractivity contribution in [3.05, 3.63) is 46.6 Å². The first kappa shape index (κ1) is 22.6. The molecule has 0 bridgehead atoms. The molecule has 0 heterocycles. The van der Waals surface area contributed by atoms with Crippen molar-refractivity contribution in [2.24, 2.45) is 29.1 Å². The minimum atomic E-state index is -0.149. The van der Waals surface area contributed by atoms with Gasteiger partial charge in [-0.3, -0.25) is 0 Å². The van der Waals surface area contributed by atoms with Crippen LogP contribution in [0.1, 0.15) is 92.9 Å². The molecule has 1 nitrogen and oxygen atoms in total. The van der Waals surface area contributed by atoms with Crippen molar-refractivity contribution in [3.63, 3.8) is 0 Å². The van der Waals surface area contributed by atoms with Gasteiger partial charge in [0.2, 0.25) is 0 Å². The highest BCUT2D eigenvalue weighted by atomic mass is 16.3. The lowest BCUT2D eigenvalue weighted by atomic mass is 9.65. The maximum atomic E-state index is 10.1. The molecular weight excluding hydrogens is 352 g/mol. The van der Waals surface area contributed by atoms with Gasteiger partial charge in [0.25, 0.3) is 0 Å². The molecule has 162 valence electrons. The number of fused-ring (bicyclic) bond motifs is 1. The Balaban J connectivity index is 1.79. The van der Waals surface area contributed by atoms with E-state index in [1.165, 1.54) is 43.3 Å². The summed E-state index contributed by atoms with van der Waals surface area (Å²) >= 11 is 0. The van der Waals surface area contributed by atoms with Crippen molar-refractivity contribution in [3.8, 4) is 0 Å². The van der Waals surface area contributed by atoms with Crippen molar-refractivity contribution < 1.29 is 5.11 Å². The van der Waals surface area contributed by atoms with E-state index in [1.54, 1.807) is 11.1 Å². The van der Waals surface area contributed by atoms with Crippen LogP contribution in [0.15, 0.2) is 46.6 Å². The molecule has 1 fully saturated rings. The second-order valence-electron chi connectivity index (χ2n) is 10.8. The zero-order chi connectivity index (χ0) is 21.2. The molecule has 0 amide bonds. The third-order valence-corrected chi connectivity index (χ3v) is 8.49. The Morgan fingerprint density at radius 1 is 0.966 bits per heavy atom. The average molecular weight is 397 g/mol. The van der Waals surface area contributed by atoms with Crippen molar-refractivity contribution in [1.29, 1.82) is 0 Å². The summed E-state index contributed by atoms with van der Waals surface area (Å²) in [6, 6.07) is 0. The fourth-order valence-corrected chi connectivity index (χ4v) is 6.01. The smallest absolute Gasteiger partial charge is 0.0583 e. The topological polar surface area (TPSA) is 20.2 Å². The van der Waals surface area contributed by atoms with Crippen LogP contribution in [0.2, 0.25) is 0 Å². The highest BCUT2D eigenvalue weighted by molar-refractivity contribution is 5.40.